The molecule has 2 aliphatic rings. The smallest absolute Gasteiger partial charge is 0.251 e. The summed E-state index contributed by atoms with van der Waals surface area (Å²) >= 11 is 1.38. The van der Waals surface area contributed by atoms with E-state index in [1.54, 1.807) is 0 Å². The van der Waals surface area contributed by atoms with Gasteiger partial charge >= 0.3 is 0 Å². The SMILES string of the molecule is O=C(NCCN1CCCCC1)c1cccc(-c2ccc3nc(NC(=O)C4CC4)sc3n2)c1. The largest absolute Gasteiger partial charge is 0.351 e. The summed E-state index contributed by atoms with van der Waals surface area (Å²) in [6.07, 6.45) is 5.74. The molecule has 2 aromatic heterocycles. The summed E-state index contributed by atoms with van der Waals surface area (Å²) < 4.78 is 0. The van der Waals surface area contributed by atoms with Crippen LogP contribution in [0.5, 0.6) is 0 Å². The zero-order chi connectivity index (χ0) is 21.9. The van der Waals surface area contributed by atoms with Gasteiger partial charge in [-0.15, -0.1) is 0 Å². The second-order valence-electron chi connectivity index (χ2n) is 8.54. The lowest BCUT2D eigenvalue weighted by molar-refractivity contribution is -0.117. The van der Waals surface area contributed by atoms with Crippen molar-refractivity contribution in [3.63, 3.8) is 0 Å². The van der Waals surface area contributed by atoms with Gasteiger partial charge in [0.25, 0.3) is 5.91 Å². The van der Waals surface area contributed by atoms with Gasteiger partial charge in [-0.05, 0) is 63.0 Å². The average Bonchev–Trinajstić information content (AvgIpc) is 3.60. The van der Waals surface area contributed by atoms with Crippen LogP contribution in [-0.2, 0) is 4.79 Å². The fraction of sp³-hybridized carbons (Fsp3) is 0.417. The lowest BCUT2D eigenvalue weighted by Gasteiger charge is -2.26. The van der Waals surface area contributed by atoms with Crippen molar-refractivity contribution in [2.45, 2.75) is 32.1 Å². The van der Waals surface area contributed by atoms with Crippen LogP contribution in [-0.4, -0.2) is 52.9 Å². The Morgan fingerprint density at radius 3 is 2.72 bits per heavy atom. The molecule has 1 aliphatic carbocycles. The Morgan fingerprint density at radius 2 is 1.91 bits per heavy atom. The van der Waals surface area contributed by atoms with E-state index in [4.69, 9.17) is 4.98 Å². The Kier molecular flexibility index (Phi) is 6.14. The van der Waals surface area contributed by atoms with E-state index in [0.29, 0.717) is 17.2 Å². The van der Waals surface area contributed by atoms with Gasteiger partial charge < -0.3 is 15.5 Å². The summed E-state index contributed by atoms with van der Waals surface area (Å²) in [5, 5.41) is 6.52. The highest BCUT2D eigenvalue weighted by Gasteiger charge is 2.30. The van der Waals surface area contributed by atoms with E-state index in [1.807, 2.05) is 36.4 Å². The van der Waals surface area contributed by atoms with Crippen molar-refractivity contribution in [2.24, 2.45) is 5.92 Å². The van der Waals surface area contributed by atoms with Crippen molar-refractivity contribution in [2.75, 3.05) is 31.5 Å². The van der Waals surface area contributed by atoms with Crippen LogP contribution in [0.1, 0.15) is 42.5 Å². The van der Waals surface area contributed by atoms with Crippen molar-refractivity contribution in [1.82, 2.24) is 20.2 Å². The number of pyridine rings is 1. The molecule has 32 heavy (non-hydrogen) atoms. The van der Waals surface area contributed by atoms with Gasteiger partial charge in [0.05, 0.1) is 5.69 Å². The van der Waals surface area contributed by atoms with Crippen LogP contribution < -0.4 is 10.6 Å². The minimum Gasteiger partial charge on any atom is -0.351 e. The van der Waals surface area contributed by atoms with Gasteiger partial charge in [-0.2, -0.15) is 0 Å². The molecule has 166 valence electrons. The minimum absolute atomic E-state index is 0.0447. The lowest BCUT2D eigenvalue weighted by atomic mass is 10.1. The molecule has 0 bridgehead atoms. The zero-order valence-electron chi connectivity index (χ0n) is 18.0. The molecule has 3 aromatic rings. The quantitative estimate of drug-likeness (QED) is 0.571. The number of nitrogens with zero attached hydrogens (tertiary/aromatic N) is 3. The van der Waals surface area contributed by atoms with E-state index >= 15 is 0 Å². The Bertz CT molecular complexity index is 1130. The monoisotopic (exact) mass is 449 g/mol. The third kappa shape index (κ3) is 4.97. The number of carbonyl (C=O) groups excluding carboxylic acids is 2. The minimum atomic E-state index is -0.0622. The standard InChI is InChI=1S/C24H27N5O2S/c30-21(25-11-14-29-12-2-1-3-13-29)18-6-4-5-17(15-18)19-9-10-20-23(26-19)32-24(27-20)28-22(31)16-7-8-16/h4-6,9-10,15-16H,1-3,7-8,11-14H2,(H,25,30)(H,27,28,31). The number of benzene rings is 1. The van der Waals surface area contributed by atoms with E-state index in [2.05, 4.69) is 20.5 Å². The molecule has 7 nitrogen and oxygen atoms in total. The molecule has 2 N–H and O–H groups in total. The number of hydrogen-bond acceptors (Lipinski definition) is 6. The molecule has 0 atom stereocenters. The van der Waals surface area contributed by atoms with E-state index in [-0.39, 0.29) is 17.7 Å². The molecule has 0 unspecified atom stereocenters. The van der Waals surface area contributed by atoms with Gasteiger partial charge in [-0.25, -0.2) is 9.97 Å². The lowest BCUT2D eigenvalue weighted by Crippen LogP contribution is -2.37. The summed E-state index contributed by atoms with van der Waals surface area (Å²) in [7, 11) is 0. The molecule has 5 rings (SSSR count). The molecular weight excluding hydrogens is 422 g/mol. The van der Waals surface area contributed by atoms with Crippen LogP contribution in [0.4, 0.5) is 5.13 Å². The summed E-state index contributed by atoms with van der Waals surface area (Å²) in [5.74, 6) is 0.121. The number of piperidine rings is 1. The number of aromatic nitrogens is 2. The second kappa shape index (κ2) is 9.34. The van der Waals surface area contributed by atoms with Crippen LogP contribution in [0.2, 0.25) is 0 Å². The van der Waals surface area contributed by atoms with Crippen molar-refractivity contribution in [1.29, 1.82) is 0 Å². The van der Waals surface area contributed by atoms with E-state index in [9.17, 15) is 9.59 Å². The van der Waals surface area contributed by atoms with Crippen LogP contribution in [0, 0.1) is 5.92 Å². The maximum absolute atomic E-state index is 12.7. The number of nitrogens with one attached hydrogen (secondary N) is 2. The van der Waals surface area contributed by atoms with Gasteiger partial charge in [-0.1, -0.05) is 29.9 Å². The number of carbonyl (C=O) groups is 2. The number of fused-ring (bicyclic) bond motifs is 1. The number of rotatable bonds is 7. The number of amides is 2. The first-order chi connectivity index (χ1) is 15.7. The normalized spacial score (nSPS) is 16.8. The molecule has 1 aliphatic heterocycles. The van der Waals surface area contributed by atoms with E-state index in [1.165, 1.54) is 30.6 Å². The molecule has 2 amide bonds. The second-order valence-corrected chi connectivity index (χ2v) is 9.52. The number of likely N-dealkylation sites (tertiary alicyclic amines) is 1. The number of hydrogen-bond donors (Lipinski definition) is 2. The molecule has 1 saturated heterocycles. The van der Waals surface area contributed by atoms with Gasteiger partial charge in [-0.3, -0.25) is 9.59 Å². The highest BCUT2D eigenvalue weighted by atomic mass is 32.1. The molecule has 1 saturated carbocycles. The number of anilines is 1. The van der Waals surface area contributed by atoms with E-state index in [0.717, 1.165) is 54.1 Å². The molecule has 3 heterocycles. The maximum Gasteiger partial charge on any atom is 0.251 e. The van der Waals surface area contributed by atoms with Crippen LogP contribution >= 0.6 is 11.3 Å². The van der Waals surface area contributed by atoms with Gasteiger partial charge in [0.1, 0.15) is 10.3 Å². The third-order valence-corrected chi connectivity index (χ3v) is 6.90. The molecular formula is C24H27N5O2S. The highest BCUT2D eigenvalue weighted by Crippen LogP contribution is 2.32. The Hall–Kier alpha value is -2.84. The van der Waals surface area contributed by atoms with Crippen molar-refractivity contribution >= 4 is 38.6 Å². The summed E-state index contributed by atoms with van der Waals surface area (Å²) in [6.45, 7) is 3.81. The summed E-state index contributed by atoms with van der Waals surface area (Å²) in [4.78, 5) is 37.0. The van der Waals surface area contributed by atoms with E-state index < -0.39 is 0 Å². The fourth-order valence-electron chi connectivity index (χ4n) is 4.02. The Morgan fingerprint density at radius 1 is 1.06 bits per heavy atom. The first-order valence-corrected chi connectivity index (χ1v) is 12.2. The molecule has 8 heteroatoms. The Labute approximate surface area is 191 Å². The number of thiazole rings is 1. The highest BCUT2D eigenvalue weighted by molar-refractivity contribution is 7.22. The predicted octanol–water partition coefficient (Wildman–Crippen LogP) is 3.92. The molecule has 0 radical (unpaired) electrons. The molecule has 2 fully saturated rings. The van der Waals surface area contributed by atoms with Crippen molar-refractivity contribution < 1.29 is 9.59 Å². The first kappa shape index (κ1) is 21.0. The first-order valence-electron chi connectivity index (χ1n) is 11.4. The fourth-order valence-corrected chi connectivity index (χ4v) is 4.86. The van der Waals surface area contributed by atoms with Gasteiger partial charge in [0, 0.05) is 30.1 Å². The van der Waals surface area contributed by atoms with Gasteiger partial charge in [0.2, 0.25) is 5.91 Å². The summed E-state index contributed by atoms with van der Waals surface area (Å²) in [5.41, 5.74) is 3.05. The third-order valence-electron chi connectivity index (χ3n) is 6.02. The molecule has 0 spiro atoms. The zero-order valence-corrected chi connectivity index (χ0v) is 18.8. The van der Waals surface area contributed by atoms with Gasteiger partial charge in [0.15, 0.2) is 5.13 Å². The van der Waals surface area contributed by atoms with Crippen LogP contribution in [0.15, 0.2) is 36.4 Å². The predicted molar refractivity (Wildman–Crippen MR) is 127 cm³/mol. The van der Waals surface area contributed by atoms with Crippen LogP contribution in [0.25, 0.3) is 21.6 Å². The van der Waals surface area contributed by atoms with Crippen molar-refractivity contribution in [3.8, 4) is 11.3 Å². The van der Waals surface area contributed by atoms with Crippen molar-refractivity contribution in [3.05, 3.63) is 42.0 Å². The summed E-state index contributed by atoms with van der Waals surface area (Å²) in [6, 6.07) is 11.4. The average molecular weight is 450 g/mol. The maximum atomic E-state index is 12.7. The Balaban J connectivity index is 1.25. The van der Waals surface area contributed by atoms with Crippen LogP contribution in [0.3, 0.4) is 0 Å². The topological polar surface area (TPSA) is 87.2 Å². The molecule has 1 aromatic carbocycles.